The van der Waals surface area contributed by atoms with E-state index in [9.17, 15) is 15.0 Å². The van der Waals surface area contributed by atoms with Gasteiger partial charge in [-0.15, -0.1) is 0 Å². The predicted octanol–water partition coefficient (Wildman–Crippen LogP) is -1.78. The summed E-state index contributed by atoms with van der Waals surface area (Å²) in [6.45, 7) is 3.95. The number of fused-ring (bicyclic) bond motifs is 1. The Morgan fingerprint density at radius 1 is 1.56 bits per heavy atom. The summed E-state index contributed by atoms with van der Waals surface area (Å²) >= 11 is 0. The number of nitrogens with zero attached hydrogens (tertiary/aromatic N) is 2. The number of rotatable bonds is 1. The topological polar surface area (TPSA) is 108 Å². The van der Waals surface area contributed by atoms with Crippen LogP contribution in [0, 0.1) is 17.8 Å². The van der Waals surface area contributed by atoms with Gasteiger partial charge in [0.1, 0.15) is 0 Å². The number of oxime groups is 1. The van der Waals surface area contributed by atoms with E-state index in [2.05, 4.69) is 5.16 Å². The first-order valence-corrected chi connectivity index (χ1v) is 5.95. The van der Waals surface area contributed by atoms with Gasteiger partial charge in [-0.3, -0.25) is 4.90 Å². The molecule has 3 aliphatic rings. The minimum absolute atomic E-state index is 0.107. The predicted molar refractivity (Wildman–Crippen MR) is 58.6 cm³/mol. The van der Waals surface area contributed by atoms with Crippen LogP contribution in [0.5, 0.6) is 0 Å². The van der Waals surface area contributed by atoms with Gasteiger partial charge in [0.25, 0.3) is 0 Å². The van der Waals surface area contributed by atoms with Crippen molar-refractivity contribution in [2.45, 2.75) is 25.2 Å². The Bertz CT molecular complexity index is 433. The highest BCUT2D eigenvalue weighted by Gasteiger charge is 2.64. The molecule has 2 heterocycles. The Hall–Kier alpha value is -1.34. The second kappa shape index (κ2) is 3.16. The fourth-order valence-electron chi connectivity index (χ4n) is 2.98. The molecule has 7 heteroatoms. The second-order valence-corrected chi connectivity index (χ2v) is 5.79. The normalized spacial score (nSPS) is 44.3. The largest absolute Gasteiger partial charge is 0.821 e. The fourth-order valence-corrected chi connectivity index (χ4v) is 2.98. The van der Waals surface area contributed by atoms with Crippen molar-refractivity contribution in [3.63, 3.8) is 0 Å². The van der Waals surface area contributed by atoms with Crippen molar-refractivity contribution in [3.8, 4) is 0 Å². The number of hydrogen-bond acceptors (Lipinski definition) is 5. The van der Waals surface area contributed by atoms with E-state index < -0.39 is 17.5 Å². The molecular weight excluding hydrogens is 240 g/mol. The van der Waals surface area contributed by atoms with E-state index in [-0.39, 0.29) is 23.5 Å². The van der Waals surface area contributed by atoms with Crippen LogP contribution in [0.25, 0.3) is 0 Å². The minimum atomic E-state index is -2.31. The first-order valence-electron chi connectivity index (χ1n) is 5.95. The van der Waals surface area contributed by atoms with Crippen molar-refractivity contribution in [2.75, 3.05) is 13.1 Å². The molecule has 18 heavy (non-hydrogen) atoms. The third kappa shape index (κ3) is 1.31. The number of likely N-dealkylation sites (tertiary alicyclic amines) is 1. The number of hydrogen-bond donors (Lipinski definition) is 1. The summed E-state index contributed by atoms with van der Waals surface area (Å²) in [6, 6.07) is 0. The summed E-state index contributed by atoms with van der Waals surface area (Å²) in [5.41, 5.74) is -1.11. The fraction of sp³-hybridized carbons (Fsp3) is 0.818. The average Bonchev–Trinajstić information content (AvgIpc) is 2.66. The zero-order valence-corrected chi connectivity index (χ0v) is 10.2. The summed E-state index contributed by atoms with van der Waals surface area (Å²) in [5.74, 6) is -2.14. The van der Waals surface area contributed by atoms with Crippen LogP contribution in [-0.2, 0) is 4.84 Å². The van der Waals surface area contributed by atoms with Crippen LogP contribution in [0.1, 0.15) is 13.8 Å². The second-order valence-electron chi connectivity index (χ2n) is 5.79. The molecule has 0 bridgehead atoms. The Kier molecular flexibility index (Phi) is 2.06. The average molecular weight is 256 g/mol. The molecule has 3 unspecified atom stereocenters. The van der Waals surface area contributed by atoms with Crippen molar-refractivity contribution < 1.29 is 25.0 Å². The highest BCUT2D eigenvalue weighted by molar-refractivity contribution is 5.97. The van der Waals surface area contributed by atoms with Gasteiger partial charge in [-0.05, 0) is 25.7 Å². The van der Waals surface area contributed by atoms with Crippen LogP contribution in [0.3, 0.4) is 0 Å². The van der Waals surface area contributed by atoms with Crippen LogP contribution in [-0.4, -0.2) is 51.4 Å². The number of carbonyl (C=O) groups excluding carboxylic acids is 1. The van der Waals surface area contributed by atoms with Crippen LogP contribution >= 0.6 is 0 Å². The Morgan fingerprint density at radius 3 is 2.50 bits per heavy atom. The van der Waals surface area contributed by atoms with E-state index >= 15 is 0 Å². The molecule has 0 aromatic heterocycles. The number of aliphatic hydroxyl groups is 1. The molecule has 2 aliphatic heterocycles. The lowest BCUT2D eigenvalue weighted by molar-refractivity contribution is -0.543. The van der Waals surface area contributed by atoms with Gasteiger partial charge in [0.05, 0.1) is 16.3 Å². The van der Waals surface area contributed by atoms with Crippen molar-refractivity contribution >= 4 is 11.8 Å². The van der Waals surface area contributed by atoms with Crippen molar-refractivity contribution in [1.82, 2.24) is 4.90 Å². The third-order valence-electron chi connectivity index (χ3n) is 4.33. The van der Waals surface area contributed by atoms with E-state index in [0.29, 0.717) is 13.1 Å². The van der Waals surface area contributed by atoms with Crippen LogP contribution in [0.15, 0.2) is 5.16 Å². The Morgan fingerprint density at radius 2 is 2.11 bits per heavy atom. The highest BCUT2D eigenvalue weighted by Crippen LogP contribution is 2.55. The highest BCUT2D eigenvalue weighted by atomic mass is 16.7. The summed E-state index contributed by atoms with van der Waals surface area (Å²) in [5, 5.41) is 33.0. The lowest BCUT2D eigenvalue weighted by atomic mass is 9.90. The van der Waals surface area contributed by atoms with Gasteiger partial charge < -0.3 is 20.2 Å². The molecule has 3 N–H and O–H groups in total. The lowest BCUT2D eigenvalue weighted by Gasteiger charge is -2.40. The Balaban J connectivity index is 1.73. The van der Waals surface area contributed by atoms with Gasteiger partial charge in [0.2, 0.25) is 0 Å². The zero-order chi connectivity index (χ0) is 13.3. The first kappa shape index (κ1) is 11.7. The van der Waals surface area contributed by atoms with Gasteiger partial charge >= 0.3 is 6.09 Å². The van der Waals surface area contributed by atoms with Gasteiger partial charge in [-0.1, -0.05) is 5.16 Å². The maximum Gasteiger partial charge on any atom is 0.629 e. The summed E-state index contributed by atoms with van der Waals surface area (Å²) < 4.78 is 0. The standard InChI is InChI=1S/C11H15N2O5/c1-10(2)11(16,17)8(12-18-10)7-5-3-13(9(14)15)4-6(5)7/h5-7,16H,3-4H2,1-2H3,(H,14,15)/q-1/p+1. The summed E-state index contributed by atoms with van der Waals surface area (Å²) in [4.78, 5) is 17.4. The lowest BCUT2D eigenvalue weighted by Crippen LogP contribution is -2.63. The number of amides is 1. The molecule has 1 aliphatic carbocycles. The molecule has 1 amide bonds. The van der Waals surface area contributed by atoms with Crippen molar-refractivity contribution in [3.05, 3.63) is 0 Å². The zero-order valence-electron chi connectivity index (χ0n) is 10.2. The van der Waals surface area contributed by atoms with Crippen LogP contribution in [0.2, 0.25) is 0 Å². The van der Waals surface area contributed by atoms with Gasteiger partial charge in [-0.25, -0.2) is 0 Å². The van der Waals surface area contributed by atoms with E-state index in [4.69, 9.17) is 9.94 Å². The third-order valence-corrected chi connectivity index (χ3v) is 4.33. The van der Waals surface area contributed by atoms with Gasteiger partial charge in [0, 0.05) is 19.0 Å². The number of piperidine rings is 1. The van der Waals surface area contributed by atoms with E-state index in [1.165, 1.54) is 18.7 Å². The first-order chi connectivity index (χ1) is 8.25. The summed E-state index contributed by atoms with van der Waals surface area (Å²) in [6.07, 6.45) is -0.691. The molecule has 1 saturated heterocycles. The smallest absolute Gasteiger partial charge is 0.629 e. The molecule has 0 spiro atoms. The van der Waals surface area contributed by atoms with Gasteiger partial charge in [-0.2, -0.15) is 0 Å². The molecular formula is C11H16N2O5. The molecule has 0 aromatic rings. The van der Waals surface area contributed by atoms with E-state index in [0.717, 1.165) is 0 Å². The Labute approximate surface area is 104 Å². The molecule has 7 nitrogen and oxygen atoms in total. The molecule has 0 aromatic carbocycles. The van der Waals surface area contributed by atoms with Gasteiger partial charge in [0.15, 0.2) is 5.60 Å². The van der Waals surface area contributed by atoms with Crippen LogP contribution in [0.4, 0.5) is 4.79 Å². The monoisotopic (exact) mass is 256 g/mol. The SMILES string of the molecule is CC1(C)ON=C(C2C3CN(C(=O)[OH2+])CC32)C1([O-])O. The van der Waals surface area contributed by atoms with E-state index in [1.54, 1.807) is 0 Å². The summed E-state index contributed by atoms with van der Waals surface area (Å²) in [7, 11) is 0. The molecule has 3 rings (SSSR count). The molecule has 3 atom stereocenters. The van der Waals surface area contributed by atoms with E-state index in [1.807, 2.05) is 0 Å². The molecule has 100 valence electrons. The molecule has 1 saturated carbocycles. The van der Waals surface area contributed by atoms with Crippen LogP contribution < -0.4 is 5.11 Å². The maximum absolute atomic E-state index is 12.2. The number of carbonyl (C=O) groups is 1. The maximum atomic E-state index is 12.2. The molecule has 0 radical (unpaired) electrons. The quantitative estimate of drug-likeness (QED) is 0.442. The molecule has 2 fully saturated rings. The van der Waals surface area contributed by atoms with Crippen molar-refractivity contribution in [1.29, 1.82) is 0 Å². The minimum Gasteiger partial charge on any atom is -0.821 e. The van der Waals surface area contributed by atoms with Crippen molar-refractivity contribution in [2.24, 2.45) is 22.9 Å².